The average Bonchev–Trinajstić information content (AvgIpc) is 1.41. The van der Waals surface area contributed by atoms with Gasteiger partial charge in [-0.15, -0.1) is 0 Å². The number of ether oxygens (including phenoxy) is 7. The van der Waals surface area contributed by atoms with Crippen molar-refractivity contribution in [2.24, 2.45) is 17.3 Å². The highest BCUT2D eigenvalue weighted by molar-refractivity contribution is 5.91. The Kier molecular flexibility index (Phi) is 51.5. The second-order valence-corrected chi connectivity index (χ2v) is 29.9. The first kappa shape index (κ1) is 93.2. The highest BCUT2D eigenvalue weighted by Gasteiger charge is 2.24. The summed E-state index contributed by atoms with van der Waals surface area (Å²) in [4.78, 5) is 81.7. The number of benzene rings is 4. The minimum Gasteiger partial charge on any atom is -0.457 e. The van der Waals surface area contributed by atoms with Crippen molar-refractivity contribution in [3.8, 4) is 0 Å². The first-order chi connectivity index (χ1) is 44.6. The van der Waals surface area contributed by atoms with Crippen molar-refractivity contribution >= 4 is 41.8 Å². The molecule has 0 atom stereocenters. The molecule has 19 heteroatoms. The molecule has 0 radical (unpaired) electrons. The van der Waals surface area contributed by atoms with Crippen LogP contribution in [0.4, 0.5) is 0 Å². The SMILES string of the molecule is CC(C)(C)C.CC(C)C.CCCCC.C[N+](C)(C)CCOC(=O)COC(=O)C1CCCCC1.C[N+](C)(C)CCOC(=O)COC(=O)c1ccccc1.C[N+](C)(C)CCOC(=O)c1ccccc1.C[N+](C)(C)CCOC(=O)c1ccccc1.C[NH+](C)CCOC(=O)c1ccccc1. The van der Waals surface area contributed by atoms with Crippen LogP contribution >= 0.6 is 0 Å². The topological polar surface area (TPSA) is 189 Å². The first-order valence-electron chi connectivity index (χ1n) is 34.0. The van der Waals surface area contributed by atoms with Crippen LogP contribution in [-0.4, -0.2) is 237 Å². The van der Waals surface area contributed by atoms with Crippen molar-refractivity contribution in [3.63, 3.8) is 0 Å². The zero-order chi connectivity index (χ0) is 73.8. The molecular formula is C77H132N5O14+5. The van der Waals surface area contributed by atoms with Crippen LogP contribution in [0.5, 0.6) is 0 Å². The molecule has 0 aliphatic heterocycles. The Morgan fingerprint density at radius 1 is 0.406 bits per heavy atom. The normalized spacial score (nSPS) is 11.9. The van der Waals surface area contributed by atoms with E-state index >= 15 is 0 Å². The lowest BCUT2D eigenvalue weighted by Crippen LogP contribution is -3.06. The number of likely N-dealkylation sites (N-methyl/N-ethyl adjacent to an activating group) is 5. The summed E-state index contributed by atoms with van der Waals surface area (Å²) in [7, 11) is 28.5. The van der Waals surface area contributed by atoms with E-state index in [1.165, 1.54) is 30.6 Å². The zero-order valence-corrected chi connectivity index (χ0v) is 63.8. The van der Waals surface area contributed by atoms with E-state index in [-0.39, 0.29) is 43.0 Å². The summed E-state index contributed by atoms with van der Waals surface area (Å²) >= 11 is 0. The molecular weight excluding hydrogens is 1220 g/mol. The van der Waals surface area contributed by atoms with E-state index in [9.17, 15) is 33.6 Å². The molecule has 0 amide bonds. The molecule has 4 aromatic carbocycles. The van der Waals surface area contributed by atoms with Crippen LogP contribution in [0.15, 0.2) is 121 Å². The lowest BCUT2D eigenvalue weighted by Gasteiger charge is -2.23. The zero-order valence-electron chi connectivity index (χ0n) is 63.8. The Morgan fingerprint density at radius 2 is 0.656 bits per heavy atom. The molecule has 1 saturated carbocycles. The maximum atomic E-state index is 11.7. The molecule has 96 heavy (non-hydrogen) atoms. The molecule has 1 N–H and O–H groups in total. The lowest BCUT2D eigenvalue weighted by atomic mass is 9.89. The summed E-state index contributed by atoms with van der Waals surface area (Å²) < 4.78 is 38.3. The van der Waals surface area contributed by atoms with Crippen molar-refractivity contribution in [1.29, 1.82) is 0 Å². The predicted molar refractivity (Wildman–Crippen MR) is 386 cm³/mol. The minimum absolute atomic E-state index is 0.0206. The number of quaternary nitrogens is 5. The number of nitrogens with zero attached hydrogens (tertiary/aromatic N) is 4. The third kappa shape index (κ3) is 65.6. The predicted octanol–water partition coefficient (Wildman–Crippen LogP) is 11.5. The summed E-state index contributed by atoms with van der Waals surface area (Å²) in [6.45, 7) is 25.0. The van der Waals surface area contributed by atoms with Gasteiger partial charge in [0.2, 0.25) is 0 Å². The van der Waals surface area contributed by atoms with Gasteiger partial charge >= 0.3 is 41.8 Å². The Balaban J connectivity index is -0.00000107. The number of carbonyl (C=O) groups excluding carboxylic acids is 7. The monoisotopic (exact) mass is 1350 g/mol. The lowest BCUT2D eigenvalue weighted by molar-refractivity contribution is -0.870. The van der Waals surface area contributed by atoms with Gasteiger partial charge in [-0.05, 0) is 72.7 Å². The number of unbranched alkanes of at least 4 members (excludes halogenated alkanes) is 2. The van der Waals surface area contributed by atoms with E-state index in [1.54, 1.807) is 66.7 Å². The second kappa shape index (κ2) is 53.1. The molecule has 1 fully saturated rings. The fourth-order valence-electron chi connectivity index (χ4n) is 6.82. The molecule has 0 heterocycles. The highest BCUT2D eigenvalue weighted by atomic mass is 16.6. The van der Waals surface area contributed by atoms with Gasteiger partial charge in [-0.2, -0.15) is 0 Å². The standard InChI is InChI=1S/C14H26NO4.C14H20NO4.2C12H18NO2.C11H15NO2.2C5H12.C4H10/c2*1-15(2,3)9-10-18-13(16)11-19-14(17)12-7-5-4-6-8-12;2*1-13(2,3)9-10-15-12(14)11-7-5-4-6-8-11;1-12(2)8-9-14-11(13)10-6-4-3-5-7-10;1-5(2,3)4;1-3-5-4-2;1-4(2)3/h12H,4-11H2,1-3H3;4-8H,9-11H2,1-3H3;2*4-8H,9-10H2,1-3H3;3-7H,8-9H2,1-2H3;1-4H3;3-5H2,1-2H3;4H,1-3H3/q4*+1;;;;/p+1. The number of hydrogen-bond acceptors (Lipinski definition) is 14. The third-order valence-electron chi connectivity index (χ3n) is 12.2. The van der Waals surface area contributed by atoms with Gasteiger partial charge in [-0.25, -0.2) is 28.8 Å². The maximum absolute atomic E-state index is 11.7. The van der Waals surface area contributed by atoms with Crippen molar-refractivity contribution in [2.75, 3.05) is 178 Å². The molecule has 1 aliphatic rings. The highest BCUT2D eigenvalue weighted by Crippen LogP contribution is 2.24. The summed E-state index contributed by atoms with van der Waals surface area (Å²) in [5, 5.41) is 0. The molecule has 0 saturated heterocycles. The third-order valence-corrected chi connectivity index (χ3v) is 12.2. The molecule has 0 aromatic heterocycles. The van der Waals surface area contributed by atoms with E-state index in [1.807, 2.05) is 111 Å². The summed E-state index contributed by atoms with van der Waals surface area (Å²) in [6.07, 6.45) is 9.19. The van der Waals surface area contributed by atoms with Crippen LogP contribution in [0, 0.1) is 17.3 Å². The van der Waals surface area contributed by atoms with Crippen LogP contribution in [0.3, 0.4) is 0 Å². The smallest absolute Gasteiger partial charge is 0.344 e. The molecule has 544 valence electrons. The largest absolute Gasteiger partial charge is 0.457 e. The van der Waals surface area contributed by atoms with Gasteiger partial charge < -0.3 is 56.0 Å². The number of hydrogen-bond donors (Lipinski definition) is 1. The quantitative estimate of drug-likeness (QED) is 0.0355. The average molecular weight is 1350 g/mol. The van der Waals surface area contributed by atoms with Crippen molar-refractivity contribution in [1.82, 2.24) is 0 Å². The number of esters is 7. The Bertz CT molecular complexity index is 2560. The van der Waals surface area contributed by atoms with Crippen LogP contribution in [0.1, 0.15) is 155 Å². The van der Waals surface area contributed by atoms with Crippen LogP contribution in [-0.2, 0) is 47.5 Å². The molecule has 4 aromatic rings. The van der Waals surface area contributed by atoms with Crippen molar-refractivity contribution in [3.05, 3.63) is 144 Å². The summed E-state index contributed by atoms with van der Waals surface area (Å²) in [5.41, 5.74) is 2.75. The number of nitrogens with one attached hydrogen (secondary N) is 1. The number of rotatable bonds is 26. The number of carbonyl (C=O) groups is 7. The fourth-order valence-corrected chi connectivity index (χ4v) is 6.82. The second-order valence-electron chi connectivity index (χ2n) is 29.9. The molecule has 0 unspecified atom stereocenters. The van der Waals surface area contributed by atoms with E-state index in [0.29, 0.717) is 71.7 Å². The Morgan fingerprint density at radius 3 is 0.906 bits per heavy atom. The van der Waals surface area contributed by atoms with Gasteiger partial charge in [0.15, 0.2) is 13.2 Å². The Labute approximate surface area is 581 Å². The van der Waals surface area contributed by atoms with Gasteiger partial charge in [0.1, 0.15) is 65.8 Å². The van der Waals surface area contributed by atoms with E-state index in [2.05, 4.69) is 105 Å². The van der Waals surface area contributed by atoms with Gasteiger partial charge in [0.25, 0.3) is 0 Å². The van der Waals surface area contributed by atoms with Crippen LogP contribution in [0.2, 0.25) is 0 Å². The van der Waals surface area contributed by atoms with Gasteiger partial charge in [-0.3, -0.25) is 4.79 Å². The van der Waals surface area contributed by atoms with Gasteiger partial charge in [0, 0.05) is 0 Å². The van der Waals surface area contributed by atoms with Gasteiger partial charge in [-0.1, -0.05) is 174 Å². The molecule has 19 nitrogen and oxygen atoms in total. The molecule has 0 spiro atoms. The van der Waals surface area contributed by atoms with E-state index in [0.717, 1.165) is 71.2 Å². The first-order valence-corrected chi connectivity index (χ1v) is 34.0. The van der Waals surface area contributed by atoms with E-state index < -0.39 is 17.9 Å². The van der Waals surface area contributed by atoms with Crippen molar-refractivity contribution in [2.45, 2.75) is 114 Å². The molecule has 5 rings (SSSR count). The minimum atomic E-state index is -0.530. The Hall–Kier alpha value is -7.03. The summed E-state index contributed by atoms with van der Waals surface area (Å²) in [5.74, 6) is -1.68. The molecule has 0 bridgehead atoms. The van der Waals surface area contributed by atoms with Crippen molar-refractivity contribution < 1.29 is 89.6 Å². The van der Waals surface area contributed by atoms with Crippen LogP contribution in [0.25, 0.3) is 0 Å². The fraction of sp³-hybridized carbons (Fsp3) is 0.597. The van der Waals surface area contributed by atoms with Crippen LogP contribution < -0.4 is 4.90 Å². The van der Waals surface area contributed by atoms with Gasteiger partial charge in [0.05, 0.1) is 127 Å². The summed E-state index contributed by atoms with van der Waals surface area (Å²) in [6, 6.07) is 35.7. The maximum Gasteiger partial charge on any atom is 0.344 e. The van der Waals surface area contributed by atoms with E-state index in [4.69, 9.17) is 33.2 Å². The molecule has 1 aliphatic carbocycles.